The van der Waals surface area contributed by atoms with E-state index < -0.39 is 38.0 Å². The van der Waals surface area contributed by atoms with Crippen LogP contribution in [0.1, 0.15) is 32.8 Å². The predicted molar refractivity (Wildman–Crippen MR) is 113 cm³/mol. The van der Waals surface area contributed by atoms with Gasteiger partial charge in [0.25, 0.3) is 20.2 Å². The van der Waals surface area contributed by atoms with Crippen molar-refractivity contribution >= 4 is 26.3 Å². The van der Waals surface area contributed by atoms with Gasteiger partial charge in [0.2, 0.25) is 0 Å². The monoisotopic (exact) mass is 465 g/mol. The van der Waals surface area contributed by atoms with Gasteiger partial charge in [-0.25, -0.2) is 4.79 Å². The number of ether oxygens (including phenoxy) is 1. The van der Waals surface area contributed by atoms with Crippen LogP contribution < -0.4 is 5.32 Å². The second-order valence-electron chi connectivity index (χ2n) is 8.11. The Labute approximate surface area is 179 Å². The van der Waals surface area contributed by atoms with Crippen LogP contribution in [0.25, 0.3) is 0 Å². The molecule has 0 heterocycles. The SMILES string of the molecule is CC(C)(C)OC(=O)NC(COS(C)(=O)=O)CC(COS(C)(=O)=O)Cc1ccccc1. The standard InChI is InChI=1S/C19H31NO8S2/c1-19(2,3)28-18(21)20-17(14-27-30(5,24)25)12-16(13-26-29(4,22)23)11-15-9-7-6-8-10-15/h6-10,16-17H,11-14H2,1-5H3,(H,20,21). The van der Waals surface area contributed by atoms with Crippen LogP contribution in [0.4, 0.5) is 4.79 Å². The Bertz CT molecular complexity index is 877. The highest BCUT2D eigenvalue weighted by atomic mass is 32.2. The van der Waals surface area contributed by atoms with Crippen molar-refractivity contribution in [1.82, 2.24) is 5.32 Å². The number of amides is 1. The van der Waals surface area contributed by atoms with Crippen molar-refractivity contribution < 1.29 is 34.7 Å². The highest BCUT2D eigenvalue weighted by Crippen LogP contribution is 2.17. The third-order valence-electron chi connectivity index (χ3n) is 3.71. The third kappa shape index (κ3) is 13.5. The number of alkyl carbamates (subject to hydrolysis) is 1. The zero-order valence-corrected chi connectivity index (χ0v) is 19.6. The van der Waals surface area contributed by atoms with E-state index in [2.05, 4.69) is 5.32 Å². The largest absolute Gasteiger partial charge is 0.444 e. The third-order valence-corrected chi connectivity index (χ3v) is 4.84. The Hall–Kier alpha value is -1.69. The normalized spacial score (nSPS) is 14.7. The highest BCUT2D eigenvalue weighted by Gasteiger charge is 2.25. The summed E-state index contributed by atoms with van der Waals surface area (Å²) >= 11 is 0. The lowest BCUT2D eigenvalue weighted by atomic mass is 9.93. The fraction of sp³-hybridized carbons (Fsp3) is 0.632. The van der Waals surface area contributed by atoms with E-state index in [9.17, 15) is 21.6 Å². The smallest absolute Gasteiger partial charge is 0.407 e. The van der Waals surface area contributed by atoms with Gasteiger partial charge in [0.1, 0.15) is 5.60 Å². The van der Waals surface area contributed by atoms with Gasteiger partial charge in [0.15, 0.2) is 0 Å². The van der Waals surface area contributed by atoms with Crippen LogP contribution in [0.15, 0.2) is 30.3 Å². The maximum atomic E-state index is 12.2. The molecule has 2 atom stereocenters. The molecule has 11 heteroatoms. The quantitative estimate of drug-likeness (QED) is 0.493. The Morgan fingerprint density at radius 1 is 0.967 bits per heavy atom. The molecule has 1 aromatic rings. The summed E-state index contributed by atoms with van der Waals surface area (Å²) in [5, 5.41) is 2.60. The zero-order valence-electron chi connectivity index (χ0n) is 18.0. The first-order valence-corrected chi connectivity index (χ1v) is 13.0. The lowest BCUT2D eigenvalue weighted by Gasteiger charge is -2.26. The van der Waals surface area contributed by atoms with Crippen LogP contribution in [-0.2, 0) is 39.8 Å². The molecule has 1 rings (SSSR count). The molecule has 1 N–H and O–H groups in total. The van der Waals surface area contributed by atoms with Crippen LogP contribution in [0.2, 0.25) is 0 Å². The molecule has 9 nitrogen and oxygen atoms in total. The number of benzene rings is 1. The number of hydrogen-bond donors (Lipinski definition) is 1. The van der Waals surface area contributed by atoms with Gasteiger partial charge in [-0.3, -0.25) is 8.37 Å². The summed E-state index contributed by atoms with van der Waals surface area (Å²) in [5.41, 5.74) is 0.203. The summed E-state index contributed by atoms with van der Waals surface area (Å²) in [6, 6.07) is 8.60. The van der Waals surface area contributed by atoms with Gasteiger partial charge in [-0.2, -0.15) is 16.8 Å². The van der Waals surface area contributed by atoms with Gasteiger partial charge in [-0.05, 0) is 45.1 Å². The summed E-state index contributed by atoms with van der Waals surface area (Å²) in [6.45, 7) is 4.66. The topological polar surface area (TPSA) is 125 Å². The first-order valence-electron chi connectivity index (χ1n) is 9.35. The second-order valence-corrected chi connectivity index (χ2v) is 11.4. The maximum Gasteiger partial charge on any atom is 0.407 e. The van der Waals surface area contributed by atoms with E-state index >= 15 is 0 Å². The molecular weight excluding hydrogens is 434 g/mol. The summed E-state index contributed by atoms with van der Waals surface area (Å²) in [4.78, 5) is 12.2. The van der Waals surface area contributed by atoms with Crippen molar-refractivity contribution in [2.75, 3.05) is 25.7 Å². The van der Waals surface area contributed by atoms with Gasteiger partial charge >= 0.3 is 6.09 Å². The molecule has 1 amide bonds. The number of hydrogen-bond acceptors (Lipinski definition) is 8. The minimum absolute atomic E-state index is 0.126. The van der Waals surface area contributed by atoms with E-state index in [1.165, 1.54) is 0 Å². The van der Waals surface area contributed by atoms with Crippen LogP contribution >= 0.6 is 0 Å². The molecule has 0 aliphatic heterocycles. The highest BCUT2D eigenvalue weighted by molar-refractivity contribution is 7.86. The van der Waals surface area contributed by atoms with Crippen molar-refractivity contribution in [3.63, 3.8) is 0 Å². The summed E-state index contributed by atoms with van der Waals surface area (Å²) in [7, 11) is -7.41. The van der Waals surface area contributed by atoms with Crippen molar-refractivity contribution in [2.24, 2.45) is 5.92 Å². The Balaban J connectivity index is 2.97. The molecule has 0 aromatic heterocycles. The van der Waals surface area contributed by atoms with Crippen LogP contribution in [-0.4, -0.2) is 60.3 Å². The molecule has 0 spiro atoms. The van der Waals surface area contributed by atoms with E-state index in [0.717, 1.165) is 18.1 Å². The lowest BCUT2D eigenvalue weighted by molar-refractivity contribution is 0.0474. The molecule has 0 fully saturated rings. The van der Waals surface area contributed by atoms with Gasteiger partial charge < -0.3 is 10.1 Å². The Kier molecular flexibility index (Phi) is 9.73. The van der Waals surface area contributed by atoms with Gasteiger partial charge in [0, 0.05) is 0 Å². The van der Waals surface area contributed by atoms with Crippen molar-refractivity contribution in [3.8, 4) is 0 Å². The number of nitrogens with one attached hydrogen (secondary N) is 1. The van der Waals surface area contributed by atoms with Gasteiger partial charge in [0.05, 0.1) is 31.8 Å². The van der Waals surface area contributed by atoms with E-state index in [1.54, 1.807) is 20.8 Å². The lowest BCUT2D eigenvalue weighted by Crippen LogP contribution is -2.43. The van der Waals surface area contributed by atoms with Gasteiger partial charge in [-0.1, -0.05) is 30.3 Å². The number of carbonyl (C=O) groups excluding carboxylic acids is 1. The van der Waals surface area contributed by atoms with Crippen molar-refractivity contribution in [2.45, 2.75) is 45.3 Å². The number of rotatable bonds is 11. The molecule has 2 unspecified atom stereocenters. The molecule has 0 saturated carbocycles. The Morgan fingerprint density at radius 2 is 1.50 bits per heavy atom. The minimum atomic E-state index is -3.74. The van der Waals surface area contributed by atoms with Crippen LogP contribution in [0.3, 0.4) is 0 Å². The van der Waals surface area contributed by atoms with E-state index in [4.69, 9.17) is 13.1 Å². The average molecular weight is 466 g/mol. The molecular formula is C19H31NO8S2. The van der Waals surface area contributed by atoms with E-state index in [-0.39, 0.29) is 25.6 Å². The molecule has 0 saturated heterocycles. The Morgan fingerprint density at radius 3 is 2.00 bits per heavy atom. The first-order chi connectivity index (χ1) is 13.6. The molecule has 0 bridgehead atoms. The summed E-state index contributed by atoms with van der Waals surface area (Å²) in [6.07, 6.45) is 1.80. The van der Waals surface area contributed by atoms with Crippen LogP contribution in [0, 0.1) is 5.92 Å². The van der Waals surface area contributed by atoms with Gasteiger partial charge in [-0.15, -0.1) is 0 Å². The minimum Gasteiger partial charge on any atom is -0.444 e. The molecule has 0 aliphatic carbocycles. The zero-order chi connectivity index (χ0) is 23.0. The first kappa shape index (κ1) is 26.3. The van der Waals surface area contributed by atoms with Crippen molar-refractivity contribution in [3.05, 3.63) is 35.9 Å². The average Bonchev–Trinajstić information content (AvgIpc) is 2.55. The maximum absolute atomic E-state index is 12.2. The van der Waals surface area contributed by atoms with E-state index in [0.29, 0.717) is 6.42 Å². The van der Waals surface area contributed by atoms with Crippen LogP contribution in [0.5, 0.6) is 0 Å². The van der Waals surface area contributed by atoms with E-state index in [1.807, 2.05) is 30.3 Å². The molecule has 172 valence electrons. The molecule has 1 aromatic carbocycles. The predicted octanol–water partition coefficient (Wildman–Crippen LogP) is 2.08. The molecule has 0 radical (unpaired) electrons. The summed E-state index contributed by atoms with van der Waals surface area (Å²) in [5.74, 6) is -0.342. The summed E-state index contributed by atoms with van der Waals surface area (Å²) < 4.78 is 60.8. The number of carbonyl (C=O) groups is 1. The van der Waals surface area contributed by atoms with Crippen molar-refractivity contribution in [1.29, 1.82) is 0 Å². The molecule has 30 heavy (non-hydrogen) atoms. The second kappa shape index (κ2) is 11.1. The fourth-order valence-electron chi connectivity index (χ4n) is 2.63. The molecule has 0 aliphatic rings. The fourth-order valence-corrected chi connectivity index (χ4v) is 3.48.